The van der Waals surface area contributed by atoms with Gasteiger partial charge in [0.15, 0.2) is 0 Å². The monoisotopic (exact) mass is 457 g/mol. The van der Waals surface area contributed by atoms with Gasteiger partial charge in [-0.25, -0.2) is 9.59 Å². The number of esters is 1. The molecule has 1 unspecified atom stereocenters. The number of aryl methyl sites for hydroxylation is 1. The van der Waals surface area contributed by atoms with Crippen LogP contribution in [0.1, 0.15) is 33.5 Å². The highest BCUT2D eigenvalue weighted by molar-refractivity contribution is 6.30. The zero-order valence-electron chi connectivity index (χ0n) is 18.4. The van der Waals surface area contributed by atoms with E-state index in [0.717, 1.165) is 0 Å². The van der Waals surface area contributed by atoms with E-state index < -0.39 is 23.7 Å². The van der Waals surface area contributed by atoms with Crippen molar-refractivity contribution < 1.29 is 23.5 Å². The van der Waals surface area contributed by atoms with Crippen LogP contribution in [0.3, 0.4) is 0 Å². The molecule has 1 amide bonds. The quantitative estimate of drug-likeness (QED) is 0.425. The molecule has 0 fully saturated rings. The lowest BCUT2D eigenvalue weighted by molar-refractivity contribution is -0.136. The molecule has 2 aromatic carbocycles. The highest BCUT2D eigenvalue weighted by Crippen LogP contribution is 2.27. The predicted molar refractivity (Wildman–Crippen MR) is 122 cm³/mol. The van der Waals surface area contributed by atoms with Crippen LogP contribution in [0.4, 0.5) is 4.79 Å². The first-order chi connectivity index (χ1) is 14.9. The van der Waals surface area contributed by atoms with Gasteiger partial charge < -0.3 is 19.2 Å². The first kappa shape index (κ1) is 23.3. The summed E-state index contributed by atoms with van der Waals surface area (Å²) in [5.41, 5.74) is 0.521. The normalized spacial score (nSPS) is 12.3. The summed E-state index contributed by atoms with van der Waals surface area (Å²) in [5.74, 6) is -0.0811. The number of carbonyl (C=O) groups is 2. The van der Waals surface area contributed by atoms with Gasteiger partial charge in [-0.2, -0.15) is 0 Å². The van der Waals surface area contributed by atoms with Gasteiger partial charge in [-0.05, 0) is 64.4 Å². The summed E-state index contributed by atoms with van der Waals surface area (Å²) in [7, 11) is 0. The SMILES string of the molecule is Cc1oc2cc(OC(=O)C(C)NC(=O)OC(C)(C)C)ccc2c(=O)c1-c1ccc(Cl)cc1. The lowest BCUT2D eigenvalue weighted by Crippen LogP contribution is -2.43. The van der Waals surface area contributed by atoms with Crippen LogP contribution in [0.25, 0.3) is 22.1 Å². The van der Waals surface area contributed by atoms with Crippen molar-refractivity contribution in [2.75, 3.05) is 0 Å². The van der Waals surface area contributed by atoms with Crippen LogP contribution >= 0.6 is 11.6 Å². The van der Waals surface area contributed by atoms with Gasteiger partial charge in [0.25, 0.3) is 0 Å². The molecule has 0 saturated carbocycles. The summed E-state index contributed by atoms with van der Waals surface area (Å²) in [6, 6.07) is 10.5. The van der Waals surface area contributed by atoms with E-state index in [4.69, 9.17) is 25.5 Å². The number of ether oxygens (including phenoxy) is 2. The van der Waals surface area contributed by atoms with Crippen molar-refractivity contribution in [3.05, 3.63) is 63.5 Å². The minimum atomic E-state index is -0.943. The van der Waals surface area contributed by atoms with Crippen molar-refractivity contribution in [3.63, 3.8) is 0 Å². The Morgan fingerprint density at radius 2 is 1.75 bits per heavy atom. The van der Waals surface area contributed by atoms with Gasteiger partial charge in [0.2, 0.25) is 5.43 Å². The number of rotatable bonds is 4. The molecule has 8 heteroatoms. The van der Waals surface area contributed by atoms with E-state index in [0.29, 0.717) is 27.3 Å². The van der Waals surface area contributed by atoms with Crippen molar-refractivity contribution in [1.82, 2.24) is 5.32 Å². The molecule has 1 aromatic heterocycles. The van der Waals surface area contributed by atoms with Gasteiger partial charge in [-0.15, -0.1) is 0 Å². The summed E-state index contributed by atoms with van der Waals surface area (Å²) in [5, 5.41) is 3.34. The van der Waals surface area contributed by atoms with E-state index >= 15 is 0 Å². The molecule has 1 heterocycles. The van der Waals surface area contributed by atoms with Crippen LogP contribution in [0.15, 0.2) is 51.7 Å². The van der Waals surface area contributed by atoms with Crippen LogP contribution in [0, 0.1) is 6.92 Å². The van der Waals surface area contributed by atoms with Crippen LogP contribution in [0.2, 0.25) is 5.02 Å². The average Bonchev–Trinajstić information content (AvgIpc) is 2.67. The second kappa shape index (κ2) is 9.04. The minimum Gasteiger partial charge on any atom is -0.460 e. The fourth-order valence-electron chi connectivity index (χ4n) is 3.05. The maximum atomic E-state index is 13.0. The standard InChI is InChI=1S/C24H24ClNO6/c1-13(26-23(29)32-24(3,4)5)22(28)31-17-10-11-18-19(12-17)30-14(2)20(21(18)27)15-6-8-16(25)9-7-15/h6-13H,1-5H3,(H,26,29). The maximum absolute atomic E-state index is 13.0. The number of carbonyl (C=O) groups excluding carboxylic acids is 2. The number of hydrogen-bond acceptors (Lipinski definition) is 6. The smallest absolute Gasteiger partial charge is 0.408 e. The average molecular weight is 458 g/mol. The summed E-state index contributed by atoms with van der Waals surface area (Å²) in [4.78, 5) is 37.2. The molecule has 7 nitrogen and oxygen atoms in total. The zero-order valence-corrected chi connectivity index (χ0v) is 19.2. The Labute approximate surface area is 190 Å². The Bertz CT molecular complexity index is 1220. The summed E-state index contributed by atoms with van der Waals surface area (Å²) < 4.78 is 16.3. The van der Waals surface area contributed by atoms with E-state index in [2.05, 4.69) is 5.32 Å². The molecule has 32 heavy (non-hydrogen) atoms. The van der Waals surface area contributed by atoms with Crippen molar-refractivity contribution in [2.24, 2.45) is 0 Å². The highest BCUT2D eigenvalue weighted by Gasteiger charge is 2.23. The van der Waals surface area contributed by atoms with Gasteiger partial charge in [0.05, 0.1) is 10.9 Å². The fraction of sp³-hybridized carbons (Fsp3) is 0.292. The molecular weight excluding hydrogens is 434 g/mol. The van der Waals surface area contributed by atoms with Crippen LogP contribution in [-0.2, 0) is 9.53 Å². The Morgan fingerprint density at radius 3 is 2.38 bits per heavy atom. The molecule has 0 bridgehead atoms. The molecule has 168 valence electrons. The number of amides is 1. The maximum Gasteiger partial charge on any atom is 0.408 e. The van der Waals surface area contributed by atoms with Gasteiger partial charge in [0.1, 0.15) is 28.7 Å². The molecule has 0 aliphatic carbocycles. The molecule has 3 rings (SSSR count). The van der Waals surface area contributed by atoms with Gasteiger partial charge in [-0.3, -0.25) is 4.79 Å². The summed E-state index contributed by atoms with van der Waals surface area (Å²) in [6.07, 6.45) is -0.725. The van der Waals surface area contributed by atoms with Crippen molar-refractivity contribution in [3.8, 4) is 16.9 Å². The lowest BCUT2D eigenvalue weighted by Gasteiger charge is -2.21. The highest BCUT2D eigenvalue weighted by atomic mass is 35.5. The topological polar surface area (TPSA) is 94.8 Å². The van der Waals surface area contributed by atoms with Crippen molar-refractivity contribution in [2.45, 2.75) is 46.3 Å². The predicted octanol–water partition coefficient (Wildman–Crippen LogP) is 5.24. The fourth-order valence-corrected chi connectivity index (χ4v) is 3.17. The van der Waals surface area contributed by atoms with Gasteiger partial charge in [-0.1, -0.05) is 23.7 Å². The molecule has 0 radical (unpaired) electrons. The van der Waals surface area contributed by atoms with Gasteiger partial charge >= 0.3 is 12.1 Å². The molecule has 1 atom stereocenters. The van der Waals surface area contributed by atoms with Crippen LogP contribution in [0.5, 0.6) is 5.75 Å². The van der Waals surface area contributed by atoms with Crippen molar-refractivity contribution in [1.29, 1.82) is 0 Å². The number of fused-ring (bicyclic) bond motifs is 1. The van der Waals surface area contributed by atoms with E-state index in [1.165, 1.54) is 25.1 Å². The molecule has 0 aliphatic rings. The largest absolute Gasteiger partial charge is 0.460 e. The third-order valence-corrected chi connectivity index (χ3v) is 4.73. The zero-order chi connectivity index (χ0) is 23.6. The number of hydrogen-bond donors (Lipinski definition) is 1. The third-order valence-electron chi connectivity index (χ3n) is 4.48. The minimum absolute atomic E-state index is 0.183. The second-order valence-electron chi connectivity index (χ2n) is 8.32. The summed E-state index contributed by atoms with van der Waals surface area (Å²) in [6.45, 7) is 8.34. The second-order valence-corrected chi connectivity index (χ2v) is 8.75. The third kappa shape index (κ3) is 5.48. The van der Waals surface area contributed by atoms with E-state index in [-0.39, 0.29) is 16.8 Å². The van der Waals surface area contributed by atoms with E-state index in [9.17, 15) is 14.4 Å². The summed E-state index contributed by atoms with van der Waals surface area (Å²) >= 11 is 5.94. The number of alkyl carbamates (subject to hydrolysis) is 1. The molecule has 0 aliphatic heterocycles. The first-order valence-corrected chi connectivity index (χ1v) is 10.4. The van der Waals surface area contributed by atoms with E-state index in [1.54, 1.807) is 52.0 Å². The molecule has 1 N–H and O–H groups in total. The van der Waals surface area contributed by atoms with Crippen LogP contribution in [-0.4, -0.2) is 23.7 Å². The van der Waals surface area contributed by atoms with Gasteiger partial charge in [0, 0.05) is 11.1 Å². The van der Waals surface area contributed by atoms with E-state index in [1.807, 2.05) is 0 Å². The Hall–Kier alpha value is -3.32. The molecule has 3 aromatic rings. The Kier molecular flexibility index (Phi) is 6.60. The van der Waals surface area contributed by atoms with Crippen molar-refractivity contribution >= 4 is 34.6 Å². The number of benzene rings is 2. The Morgan fingerprint density at radius 1 is 1.09 bits per heavy atom. The molecular formula is C24H24ClNO6. The molecule has 0 spiro atoms. The Balaban J connectivity index is 1.82. The first-order valence-electron chi connectivity index (χ1n) is 9.99. The van der Waals surface area contributed by atoms with Crippen LogP contribution < -0.4 is 15.5 Å². The number of nitrogens with one attached hydrogen (secondary N) is 1. The number of halogens is 1. The lowest BCUT2D eigenvalue weighted by atomic mass is 10.0. The molecule has 0 saturated heterocycles.